The first-order valence-corrected chi connectivity index (χ1v) is 6.33. The number of nitrogens with zero attached hydrogens (tertiary/aromatic N) is 1. The highest BCUT2D eigenvalue weighted by Gasteiger charge is 2.60. The largest absolute Gasteiger partial charge is 0.384 e. The lowest BCUT2D eigenvalue weighted by Crippen LogP contribution is -2.57. The van der Waals surface area contributed by atoms with Crippen LogP contribution in [0.2, 0.25) is 0 Å². The number of carbonyl (C=O) groups excluding carboxylic acids is 1. The summed E-state index contributed by atoms with van der Waals surface area (Å²) >= 11 is 0. The van der Waals surface area contributed by atoms with E-state index in [1.54, 1.807) is 31.3 Å². The first kappa shape index (κ1) is 11.7. The van der Waals surface area contributed by atoms with Crippen molar-refractivity contribution >= 4 is 5.91 Å². The van der Waals surface area contributed by atoms with Gasteiger partial charge < -0.3 is 15.1 Å². The maximum atomic E-state index is 12.2. The van der Waals surface area contributed by atoms with E-state index in [0.717, 1.165) is 12.8 Å². The minimum Gasteiger partial charge on any atom is -0.384 e. The Hall–Kier alpha value is -1.39. The molecule has 0 saturated heterocycles. The van der Waals surface area contributed by atoms with Gasteiger partial charge in [0.1, 0.15) is 5.60 Å². The van der Waals surface area contributed by atoms with E-state index in [0.29, 0.717) is 24.0 Å². The van der Waals surface area contributed by atoms with Gasteiger partial charge in [-0.2, -0.15) is 0 Å². The third-order valence-electron chi connectivity index (χ3n) is 4.40. The molecule has 1 amide bonds. The Bertz CT molecular complexity index is 508. The van der Waals surface area contributed by atoms with Crippen LogP contribution in [0.5, 0.6) is 0 Å². The highest BCUT2D eigenvalue weighted by molar-refractivity contribution is 5.99. The number of benzene rings is 1. The second kappa shape index (κ2) is 3.56. The molecule has 1 aliphatic carbocycles. The van der Waals surface area contributed by atoms with E-state index in [9.17, 15) is 15.0 Å². The summed E-state index contributed by atoms with van der Waals surface area (Å²) in [4.78, 5) is 13.4. The van der Waals surface area contributed by atoms with Crippen LogP contribution in [0.1, 0.15) is 41.6 Å². The molecule has 1 heterocycles. The van der Waals surface area contributed by atoms with Gasteiger partial charge in [-0.05, 0) is 18.9 Å². The van der Waals surface area contributed by atoms with Gasteiger partial charge >= 0.3 is 0 Å². The van der Waals surface area contributed by atoms with Crippen molar-refractivity contribution in [1.29, 1.82) is 0 Å². The molecule has 96 valence electrons. The summed E-state index contributed by atoms with van der Waals surface area (Å²) in [6.45, 7) is 0. The topological polar surface area (TPSA) is 60.8 Å². The molecule has 1 saturated carbocycles. The summed E-state index contributed by atoms with van der Waals surface area (Å²) in [5.74, 6) is -0.228. The standard InChI is InChI=1S/C14H17NO3/c1-15-12(16)10-6-2-3-7-11(10)14(15,18)13(17)8-4-5-9-13/h2-3,6-7,17-18H,4-5,8-9H2,1H3. The predicted molar refractivity (Wildman–Crippen MR) is 65.9 cm³/mol. The van der Waals surface area contributed by atoms with E-state index in [1.807, 2.05) is 0 Å². The summed E-state index contributed by atoms with van der Waals surface area (Å²) in [6, 6.07) is 6.99. The monoisotopic (exact) mass is 247 g/mol. The molecule has 18 heavy (non-hydrogen) atoms. The van der Waals surface area contributed by atoms with Gasteiger partial charge in [0.25, 0.3) is 5.91 Å². The van der Waals surface area contributed by atoms with Gasteiger partial charge in [-0.15, -0.1) is 0 Å². The molecule has 0 spiro atoms. The SMILES string of the molecule is CN1C(=O)c2ccccc2C1(O)C1(O)CCCC1. The van der Waals surface area contributed by atoms with Crippen LogP contribution in [-0.2, 0) is 5.72 Å². The quantitative estimate of drug-likeness (QED) is 0.784. The summed E-state index contributed by atoms with van der Waals surface area (Å²) in [7, 11) is 1.55. The second-order valence-corrected chi connectivity index (χ2v) is 5.32. The van der Waals surface area contributed by atoms with Crippen molar-refractivity contribution in [2.75, 3.05) is 7.05 Å². The summed E-state index contributed by atoms with van der Waals surface area (Å²) in [6.07, 6.45) is 2.80. The number of amides is 1. The number of rotatable bonds is 1. The lowest BCUT2D eigenvalue weighted by atomic mass is 9.83. The smallest absolute Gasteiger partial charge is 0.256 e. The molecule has 0 bridgehead atoms. The zero-order valence-corrected chi connectivity index (χ0v) is 10.4. The number of fused-ring (bicyclic) bond motifs is 1. The second-order valence-electron chi connectivity index (χ2n) is 5.32. The van der Waals surface area contributed by atoms with Gasteiger partial charge in [0.05, 0.1) is 0 Å². The van der Waals surface area contributed by atoms with Crippen LogP contribution < -0.4 is 0 Å². The van der Waals surface area contributed by atoms with Crippen LogP contribution in [-0.4, -0.2) is 33.7 Å². The first-order chi connectivity index (χ1) is 8.51. The molecule has 1 fully saturated rings. The van der Waals surface area contributed by atoms with Crippen molar-refractivity contribution in [3.8, 4) is 0 Å². The molecule has 3 rings (SSSR count). The van der Waals surface area contributed by atoms with E-state index in [4.69, 9.17) is 0 Å². The minimum atomic E-state index is -1.59. The van der Waals surface area contributed by atoms with Gasteiger partial charge in [0.15, 0.2) is 5.72 Å². The average molecular weight is 247 g/mol. The van der Waals surface area contributed by atoms with E-state index < -0.39 is 11.3 Å². The Morgan fingerprint density at radius 1 is 1.17 bits per heavy atom. The molecule has 0 aromatic heterocycles. The Labute approximate surface area is 106 Å². The van der Waals surface area contributed by atoms with Gasteiger partial charge in [-0.1, -0.05) is 31.0 Å². The lowest BCUT2D eigenvalue weighted by Gasteiger charge is -2.43. The highest BCUT2D eigenvalue weighted by atomic mass is 16.4. The van der Waals surface area contributed by atoms with Crippen molar-refractivity contribution in [1.82, 2.24) is 4.90 Å². The summed E-state index contributed by atoms with van der Waals surface area (Å²) < 4.78 is 0. The van der Waals surface area contributed by atoms with E-state index in [1.165, 1.54) is 4.90 Å². The van der Waals surface area contributed by atoms with Crippen LogP contribution in [0.4, 0.5) is 0 Å². The number of hydrogen-bond acceptors (Lipinski definition) is 3. The maximum absolute atomic E-state index is 12.2. The molecule has 1 aromatic carbocycles. The zero-order valence-electron chi connectivity index (χ0n) is 10.4. The molecule has 4 heteroatoms. The van der Waals surface area contributed by atoms with Crippen molar-refractivity contribution in [3.63, 3.8) is 0 Å². The molecule has 2 N–H and O–H groups in total. The van der Waals surface area contributed by atoms with Crippen LogP contribution in [0.15, 0.2) is 24.3 Å². The van der Waals surface area contributed by atoms with Crippen LogP contribution in [0.3, 0.4) is 0 Å². The Balaban J connectivity index is 2.20. The zero-order chi connectivity index (χ0) is 13.0. The number of likely N-dealkylation sites (N-methyl/N-ethyl adjacent to an activating group) is 1. The van der Waals surface area contributed by atoms with E-state index in [2.05, 4.69) is 0 Å². The molecule has 1 unspecified atom stereocenters. The molecule has 1 aliphatic heterocycles. The fourth-order valence-corrected chi connectivity index (χ4v) is 3.35. The number of carbonyl (C=O) groups is 1. The van der Waals surface area contributed by atoms with Crippen LogP contribution >= 0.6 is 0 Å². The molecule has 0 radical (unpaired) electrons. The Kier molecular flexibility index (Phi) is 2.31. The predicted octanol–water partition coefficient (Wildman–Crippen LogP) is 1.22. The molecule has 4 nitrogen and oxygen atoms in total. The minimum absolute atomic E-state index is 0.228. The Morgan fingerprint density at radius 2 is 1.78 bits per heavy atom. The lowest BCUT2D eigenvalue weighted by molar-refractivity contribution is -0.212. The van der Waals surface area contributed by atoms with Crippen molar-refractivity contribution in [3.05, 3.63) is 35.4 Å². The molecule has 2 aliphatic rings. The summed E-state index contributed by atoms with van der Waals surface area (Å²) in [5.41, 5.74) is -1.80. The van der Waals surface area contributed by atoms with Gasteiger partial charge in [0, 0.05) is 18.2 Å². The molecular weight excluding hydrogens is 230 g/mol. The number of aliphatic hydroxyl groups is 2. The third-order valence-corrected chi connectivity index (χ3v) is 4.40. The van der Waals surface area contributed by atoms with Crippen LogP contribution in [0, 0.1) is 0 Å². The molecular formula is C14H17NO3. The highest BCUT2D eigenvalue weighted by Crippen LogP contribution is 2.50. The maximum Gasteiger partial charge on any atom is 0.256 e. The van der Waals surface area contributed by atoms with E-state index in [-0.39, 0.29) is 5.91 Å². The fraction of sp³-hybridized carbons (Fsp3) is 0.500. The Morgan fingerprint density at radius 3 is 2.44 bits per heavy atom. The molecule has 1 atom stereocenters. The van der Waals surface area contributed by atoms with Gasteiger partial charge in [-0.3, -0.25) is 4.79 Å². The average Bonchev–Trinajstić information content (AvgIpc) is 2.91. The van der Waals surface area contributed by atoms with E-state index >= 15 is 0 Å². The van der Waals surface area contributed by atoms with Crippen molar-refractivity contribution in [2.45, 2.75) is 37.0 Å². The van der Waals surface area contributed by atoms with Gasteiger partial charge in [-0.25, -0.2) is 0 Å². The normalized spacial score (nSPS) is 29.7. The first-order valence-electron chi connectivity index (χ1n) is 6.33. The van der Waals surface area contributed by atoms with Crippen molar-refractivity contribution in [2.24, 2.45) is 0 Å². The third kappa shape index (κ3) is 1.19. The summed E-state index contributed by atoms with van der Waals surface area (Å²) in [5, 5.41) is 21.7. The number of hydrogen-bond donors (Lipinski definition) is 2. The fourth-order valence-electron chi connectivity index (χ4n) is 3.35. The molecule has 1 aromatic rings. The van der Waals surface area contributed by atoms with Crippen LogP contribution in [0.25, 0.3) is 0 Å². The van der Waals surface area contributed by atoms with Gasteiger partial charge in [0.2, 0.25) is 0 Å². The van der Waals surface area contributed by atoms with Crippen molar-refractivity contribution < 1.29 is 15.0 Å².